The third-order valence-electron chi connectivity index (χ3n) is 2.81. The quantitative estimate of drug-likeness (QED) is 0.810. The molecular formula is C15H17ClN2O2S. The second kappa shape index (κ2) is 7.43. The van der Waals surface area contributed by atoms with Gasteiger partial charge in [-0.05, 0) is 44.0 Å². The van der Waals surface area contributed by atoms with Crippen molar-refractivity contribution in [3.05, 3.63) is 39.9 Å². The maximum absolute atomic E-state index is 11.7. The monoisotopic (exact) mass is 324 g/mol. The molecule has 0 radical (unpaired) electrons. The molecule has 0 aliphatic carbocycles. The normalized spacial score (nSPS) is 10.4. The smallest absolute Gasteiger partial charge is 0.226 e. The summed E-state index contributed by atoms with van der Waals surface area (Å²) in [6, 6.07) is 5.49. The lowest BCUT2D eigenvalue weighted by Gasteiger charge is -2.09. The van der Waals surface area contributed by atoms with Crippen LogP contribution in [0.1, 0.15) is 24.1 Å². The summed E-state index contributed by atoms with van der Waals surface area (Å²) in [4.78, 5) is 15.9. The zero-order chi connectivity index (χ0) is 15.2. The summed E-state index contributed by atoms with van der Waals surface area (Å²) in [5.74, 6) is 0.760. The van der Waals surface area contributed by atoms with Gasteiger partial charge in [-0.25, -0.2) is 4.98 Å². The van der Waals surface area contributed by atoms with E-state index < -0.39 is 0 Å². The summed E-state index contributed by atoms with van der Waals surface area (Å²) in [5, 5.41) is 6.02. The molecule has 1 aromatic heterocycles. The molecule has 0 spiro atoms. The van der Waals surface area contributed by atoms with Gasteiger partial charge < -0.3 is 10.1 Å². The fraction of sp³-hybridized carbons (Fsp3) is 0.333. The minimum Gasteiger partial charge on any atom is -0.493 e. The number of nitrogens with zero attached hydrogens (tertiary/aromatic N) is 1. The van der Waals surface area contributed by atoms with E-state index in [-0.39, 0.29) is 5.91 Å². The van der Waals surface area contributed by atoms with Gasteiger partial charge in [0.2, 0.25) is 5.91 Å². The molecule has 0 aliphatic rings. The average molecular weight is 325 g/mol. The molecule has 2 rings (SSSR count). The van der Waals surface area contributed by atoms with Crippen molar-refractivity contribution in [2.45, 2.75) is 26.7 Å². The molecule has 112 valence electrons. The molecule has 4 nitrogen and oxygen atoms in total. The van der Waals surface area contributed by atoms with E-state index in [1.807, 2.05) is 31.4 Å². The summed E-state index contributed by atoms with van der Waals surface area (Å²) in [5.41, 5.74) is 1.90. The van der Waals surface area contributed by atoms with Crippen molar-refractivity contribution in [2.24, 2.45) is 0 Å². The summed E-state index contributed by atoms with van der Waals surface area (Å²) >= 11 is 7.32. The predicted octanol–water partition coefficient (Wildman–Crippen LogP) is 4.21. The summed E-state index contributed by atoms with van der Waals surface area (Å²) in [6.45, 7) is 4.33. The van der Waals surface area contributed by atoms with Gasteiger partial charge in [0.1, 0.15) is 5.75 Å². The molecular weight excluding hydrogens is 308 g/mol. The number of hydrogen-bond acceptors (Lipinski definition) is 4. The molecule has 0 fully saturated rings. The summed E-state index contributed by atoms with van der Waals surface area (Å²) in [7, 11) is 0. The highest BCUT2D eigenvalue weighted by molar-refractivity contribution is 7.13. The van der Waals surface area contributed by atoms with Crippen LogP contribution in [0.3, 0.4) is 0 Å². The van der Waals surface area contributed by atoms with Gasteiger partial charge in [0, 0.05) is 16.8 Å². The number of carbonyl (C=O) groups excluding carboxylic acids is 1. The molecule has 0 atom stereocenters. The third kappa shape index (κ3) is 5.02. The molecule has 1 aromatic carbocycles. The van der Waals surface area contributed by atoms with Crippen LogP contribution in [0.15, 0.2) is 23.6 Å². The standard InChI is InChI=1S/C15H17ClN2O2S/c1-10-8-12(16)5-6-13(10)20-7-3-4-14(19)18-15-17-11(2)9-21-15/h5-6,8-9H,3-4,7H2,1-2H3,(H,17,18,19). The molecule has 0 aliphatic heterocycles. The highest BCUT2D eigenvalue weighted by Gasteiger charge is 2.06. The van der Waals surface area contributed by atoms with Crippen molar-refractivity contribution in [3.63, 3.8) is 0 Å². The Morgan fingerprint density at radius 3 is 2.90 bits per heavy atom. The van der Waals surface area contributed by atoms with Crippen LogP contribution in [0, 0.1) is 13.8 Å². The topological polar surface area (TPSA) is 51.2 Å². The van der Waals surface area contributed by atoms with E-state index in [0.717, 1.165) is 17.0 Å². The lowest BCUT2D eigenvalue weighted by Crippen LogP contribution is -2.12. The first-order valence-electron chi connectivity index (χ1n) is 6.65. The average Bonchev–Trinajstić information content (AvgIpc) is 2.82. The Labute approximate surface area is 133 Å². The fourth-order valence-electron chi connectivity index (χ4n) is 1.78. The third-order valence-corrected chi connectivity index (χ3v) is 3.92. The Kier molecular flexibility index (Phi) is 5.59. The van der Waals surface area contributed by atoms with Gasteiger partial charge in [-0.3, -0.25) is 4.79 Å². The van der Waals surface area contributed by atoms with Gasteiger partial charge in [-0.2, -0.15) is 0 Å². The number of benzene rings is 1. The van der Waals surface area contributed by atoms with E-state index in [1.54, 1.807) is 6.07 Å². The molecule has 6 heteroatoms. The number of rotatable bonds is 6. The van der Waals surface area contributed by atoms with Crippen molar-refractivity contribution in [1.29, 1.82) is 0 Å². The Balaban J connectivity index is 1.70. The van der Waals surface area contributed by atoms with Gasteiger partial charge in [-0.1, -0.05) is 11.6 Å². The highest BCUT2D eigenvalue weighted by Crippen LogP contribution is 2.22. The van der Waals surface area contributed by atoms with Crippen molar-refractivity contribution < 1.29 is 9.53 Å². The maximum Gasteiger partial charge on any atom is 0.226 e. The molecule has 1 N–H and O–H groups in total. The number of hydrogen-bond donors (Lipinski definition) is 1. The number of aromatic nitrogens is 1. The van der Waals surface area contributed by atoms with Crippen LogP contribution in [0.4, 0.5) is 5.13 Å². The SMILES string of the molecule is Cc1csc(NC(=O)CCCOc2ccc(Cl)cc2C)n1. The van der Waals surface area contributed by atoms with Crippen molar-refractivity contribution >= 4 is 34.0 Å². The number of carbonyl (C=O) groups is 1. The zero-order valence-corrected chi connectivity index (χ0v) is 13.6. The van der Waals surface area contributed by atoms with E-state index in [0.29, 0.717) is 29.6 Å². The Bertz CT molecular complexity index is 628. The zero-order valence-electron chi connectivity index (χ0n) is 12.0. The van der Waals surface area contributed by atoms with E-state index in [9.17, 15) is 4.79 Å². The second-order valence-electron chi connectivity index (χ2n) is 4.70. The minimum absolute atomic E-state index is 0.0409. The number of thiazole rings is 1. The Morgan fingerprint density at radius 1 is 1.43 bits per heavy atom. The Hall–Kier alpha value is -1.59. The first-order valence-corrected chi connectivity index (χ1v) is 7.91. The number of ether oxygens (including phenoxy) is 1. The molecule has 1 heterocycles. The van der Waals surface area contributed by atoms with Crippen LogP contribution in [0.5, 0.6) is 5.75 Å². The molecule has 2 aromatic rings. The fourth-order valence-corrected chi connectivity index (χ4v) is 2.71. The molecule has 0 saturated heterocycles. The lowest BCUT2D eigenvalue weighted by molar-refractivity contribution is -0.116. The van der Waals surface area contributed by atoms with Crippen LogP contribution in [0.25, 0.3) is 0 Å². The van der Waals surface area contributed by atoms with Gasteiger partial charge in [-0.15, -0.1) is 11.3 Å². The summed E-state index contributed by atoms with van der Waals surface area (Å²) < 4.78 is 5.64. The predicted molar refractivity (Wildman–Crippen MR) is 86.4 cm³/mol. The molecule has 0 unspecified atom stereocenters. The van der Waals surface area contributed by atoms with Crippen molar-refractivity contribution in [2.75, 3.05) is 11.9 Å². The summed E-state index contributed by atoms with van der Waals surface area (Å²) in [6.07, 6.45) is 1.06. The largest absolute Gasteiger partial charge is 0.493 e. The van der Waals surface area contributed by atoms with Crippen LogP contribution in [0.2, 0.25) is 5.02 Å². The van der Waals surface area contributed by atoms with Gasteiger partial charge >= 0.3 is 0 Å². The minimum atomic E-state index is -0.0409. The number of anilines is 1. The van der Waals surface area contributed by atoms with Gasteiger partial charge in [0.15, 0.2) is 5.13 Å². The van der Waals surface area contributed by atoms with Crippen LogP contribution < -0.4 is 10.1 Å². The van der Waals surface area contributed by atoms with Crippen LogP contribution in [-0.4, -0.2) is 17.5 Å². The highest BCUT2D eigenvalue weighted by atomic mass is 35.5. The first kappa shape index (κ1) is 15.8. The Morgan fingerprint density at radius 2 is 2.24 bits per heavy atom. The second-order valence-corrected chi connectivity index (χ2v) is 6.00. The number of amides is 1. The number of nitrogens with one attached hydrogen (secondary N) is 1. The molecule has 0 bridgehead atoms. The molecule has 21 heavy (non-hydrogen) atoms. The molecule has 1 amide bonds. The van der Waals surface area contributed by atoms with E-state index >= 15 is 0 Å². The van der Waals surface area contributed by atoms with E-state index in [4.69, 9.17) is 16.3 Å². The maximum atomic E-state index is 11.7. The van der Waals surface area contributed by atoms with Crippen LogP contribution in [-0.2, 0) is 4.79 Å². The van der Waals surface area contributed by atoms with E-state index in [2.05, 4.69) is 10.3 Å². The number of halogens is 1. The van der Waals surface area contributed by atoms with Gasteiger partial charge in [0.05, 0.1) is 12.3 Å². The van der Waals surface area contributed by atoms with Crippen molar-refractivity contribution in [3.8, 4) is 5.75 Å². The van der Waals surface area contributed by atoms with Crippen LogP contribution >= 0.6 is 22.9 Å². The molecule has 0 saturated carbocycles. The van der Waals surface area contributed by atoms with E-state index in [1.165, 1.54) is 11.3 Å². The van der Waals surface area contributed by atoms with Crippen molar-refractivity contribution in [1.82, 2.24) is 4.98 Å². The van der Waals surface area contributed by atoms with Gasteiger partial charge in [0.25, 0.3) is 0 Å². The first-order chi connectivity index (χ1) is 10.0. The lowest BCUT2D eigenvalue weighted by atomic mass is 10.2. The number of aryl methyl sites for hydroxylation is 2.